The number of aryl methyl sites for hydroxylation is 3. The van der Waals surface area contributed by atoms with Crippen molar-refractivity contribution in [2.45, 2.75) is 33.2 Å². The van der Waals surface area contributed by atoms with Crippen LogP contribution in [0.1, 0.15) is 23.7 Å². The molecule has 3 heterocycles. The van der Waals surface area contributed by atoms with E-state index in [1.807, 2.05) is 44.2 Å². The van der Waals surface area contributed by atoms with E-state index in [1.165, 1.54) is 13.4 Å². The number of anilines is 1. The number of aromatic nitrogens is 4. The maximum atomic E-state index is 14.7. The Hall–Kier alpha value is -4.80. The first-order chi connectivity index (χ1) is 19.2. The van der Waals surface area contributed by atoms with E-state index in [4.69, 9.17) is 14.3 Å². The van der Waals surface area contributed by atoms with Gasteiger partial charge in [0.25, 0.3) is 0 Å². The summed E-state index contributed by atoms with van der Waals surface area (Å²) in [5.74, 6) is -0.916. The zero-order valence-electron chi connectivity index (χ0n) is 22.2. The Morgan fingerprint density at radius 2 is 1.85 bits per heavy atom. The van der Waals surface area contributed by atoms with E-state index < -0.39 is 17.6 Å². The molecule has 0 aliphatic heterocycles. The van der Waals surface area contributed by atoms with Gasteiger partial charge in [0.05, 0.1) is 30.4 Å². The highest BCUT2D eigenvalue weighted by atomic mass is 19.2. The molecule has 3 aromatic heterocycles. The van der Waals surface area contributed by atoms with E-state index in [9.17, 15) is 13.6 Å². The molecule has 0 radical (unpaired) electrons. The number of carboxylic acids is 1. The number of carbonyl (C=O) groups is 1. The van der Waals surface area contributed by atoms with E-state index in [1.54, 1.807) is 10.6 Å². The number of halogens is 2. The molecule has 9 nitrogen and oxygen atoms in total. The van der Waals surface area contributed by atoms with Crippen molar-refractivity contribution in [3.8, 4) is 28.3 Å². The number of nitrogens with zero attached hydrogens (tertiary/aromatic N) is 4. The van der Waals surface area contributed by atoms with Gasteiger partial charge in [-0.2, -0.15) is 0 Å². The summed E-state index contributed by atoms with van der Waals surface area (Å²) in [7, 11) is 1.43. The quantitative estimate of drug-likeness (QED) is 0.226. The van der Waals surface area contributed by atoms with Crippen LogP contribution in [0.3, 0.4) is 0 Å². The van der Waals surface area contributed by atoms with Crippen molar-refractivity contribution in [2.24, 2.45) is 0 Å². The van der Waals surface area contributed by atoms with Crippen molar-refractivity contribution in [3.05, 3.63) is 77.7 Å². The molecule has 0 unspecified atom stereocenters. The molecule has 0 spiro atoms. The predicted molar refractivity (Wildman–Crippen MR) is 145 cm³/mol. The standard InChI is InChI=1S/C29H27F2N5O4/c1-16-12-20-23(39-3)13-21(30)27(31)28(20)36(16)11-10-32-24-14-22(33-15-34-24)18-4-6-19(7-5-18)29-17(2)35-25(40-29)8-9-26(37)38/h4-7,12-15H,8-11H2,1-3H3,(H,37,38)(H,32,33,34). The fraction of sp³-hybridized carbons (Fsp3) is 0.241. The molecule has 2 aromatic carbocycles. The highest BCUT2D eigenvalue weighted by Crippen LogP contribution is 2.33. The minimum atomic E-state index is -0.958. The van der Waals surface area contributed by atoms with Crippen LogP contribution in [0.15, 0.2) is 53.2 Å². The molecule has 40 heavy (non-hydrogen) atoms. The topological polar surface area (TPSA) is 115 Å². The second-order valence-electron chi connectivity index (χ2n) is 9.28. The van der Waals surface area contributed by atoms with Gasteiger partial charge in [-0.25, -0.2) is 23.7 Å². The van der Waals surface area contributed by atoms with Gasteiger partial charge in [-0.05, 0) is 19.9 Å². The van der Waals surface area contributed by atoms with Crippen LogP contribution >= 0.6 is 0 Å². The van der Waals surface area contributed by atoms with Crippen molar-refractivity contribution >= 4 is 22.7 Å². The summed E-state index contributed by atoms with van der Waals surface area (Å²) in [6, 6.07) is 12.2. The molecule has 11 heteroatoms. The van der Waals surface area contributed by atoms with Crippen molar-refractivity contribution < 1.29 is 27.8 Å². The van der Waals surface area contributed by atoms with Gasteiger partial charge in [0.1, 0.15) is 17.9 Å². The van der Waals surface area contributed by atoms with Gasteiger partial charge >= 0.3 is 5.97 Å². The molecule has 0 aliphatic rings. The number of fused-ring (bicyclic) bond motifs is 1. The average molecular weight is 548 g/mol. The number of hydrogen-bond donors (Lipinski definition) is 2. The van der Waals surface area contributed by atoms with Gasteiger partial charge in [0, 0.05) is 53.9 Å². The van der Waals surface area contributed by atoms with Gasteiger partial charge in [-0.3, -0.25) is 4.79 Å². The molecule has 0 saturated heterocycles. The minimum absolute atomic E-state index is 0.0474. The number of nitrogens with one attached hydrogen (secondary N) is 1. The van der Waals surface area contributed by atoms with Crippen LogP contribution in [0.2, 0.25) is 0 Å². The summed E-state index contributed by atoms with van der Waals surface area (Å²) in [6.07, 6.45) is 1.64. The van der Waals surface area contributed by atoms with E-state index in [-0.39, 0.29) is 24.1 Å². The van der Waals surface area contributed by atoms with Gasteiger partial charge < -0.3 is 24.1 Å². The monoisotopic (exact) mass is 547 g/mol. The van der Waals surface area contributed by atoms with Crippen molar-refractivity contribution in [3.63, 3.8) is 0 Å². The number of hydrogen-bond acceptors (Lipinski definition) is 7. The Kier molecular flexibility index (Phi) is 7.45. The molecule has 0 aliphatic carbocycles. The number of ether oxygens (including phenoxy) is 1. The molecule has 5 rings (SSSR count). The molecular weight excluding hydrogens is 520 g/mol. The smallest absolute Gasteiger partial charge is 0.303 e. The molecule has 0 amide bonds. The largest absolute Gasteiger partial charge is 0.496 e. The zero-order chi connectivity index (χ0) is 28.4. The fourth-order valence-corrected chi connectivity index (χ4v) is 4.67. The Balaban J connectivity index is 1.29. The van der Waals surface area contributed by atoms with Gasteiger partial charge in [0.15, 0.2) is 23.3 Å². The average Bonchev–Trinajstić information content (AvgIpc) is 3.49. The lowest BCUT2D eigenvalue weighted by molar-refractivity contribution is -0.137. The molecule has 0 bridgehead atoms. The van der Waals surface area contributed by atoms with Crippen LogP contribution in [0.25, 0.3) is 33.5 Å². The Morgan fingerprint density at radius 1 is 1.10 bits per heavy atom. The third-order valence-corrected chi connectivity index (χ3v) is 6.61. The van der Waals surface area contributed by atoms with Crippen molar-refractivity contribution in [1.82, 2.24) is 19.5 Å². The first-order valence-electron chi connectivity index (χ1n) is 12.6. The maximum absolute atomic E-state index is 14.7. The molecule has 0 saturated carbocycles. The summed E-state index contributed by atoms with van der Waals surface area (Å²) in [4.78, 5) is 23.8. The maximum Gasteiger partial charge on any atom is 0.303 e. The highest BCUT2D eigenvalue weighted by molar-refractivity contribution is 5.88. The number of methoxy groups -OCH3 is 1. The number of oxazole rings is 1. The van der Waals surface area contributed by atoms with E-state index >= 15 is 0 Å². The lowest BCUT2D eigenvalue weighted by atomic mass is 10.1. The first-order valence-corrected chi connectivity index (χ1v) is 12.6. The zero-order valence-corrected chi connectivity index (χ0v) is 22.2. The van der Waals surface area contributed by atoms with Crippen LogP contribution < -0.4 is 10.1 Å². The molecule has 2 N–H and O–H groups in total. The van der Waals surface area contributed by atoms with E-state index in [2.05, 4.69) is 20.3 Å². The highest BCUT2D eigenvalue weighted by Gasteiger charge is 2.19. The molecular formula is C29H27F2N5O4. The molecule has 0 atom stereocenters. The third kappa shape index (κ3) is 5.35. The predicted octanol–water partition coefficient (Wildman–Crippen LogP) is 5.79. The lowest BCUT2D eigenvalue weighted by Crippen LogP contribution is -2.13. The summed E-state index contributed by atoms with van der Waals surface area (Å²) < 4.78 is 41.6. The summed E-state index contributed by atoms with van der Waals surface area (Å²) in [5, 5.41) is 12.6. The number of carboxylic acid groups (broad SMARTS) is 1. The van der Waals surface area contributed by atoms with Crippen molar-refractivity contribution in [1.29, 1.82) is 0 Å². The Bertz CT molecular complexity index is 1700. The normalized spacial score (nSPS) is 11.2. The van der Waals surface area contributed by atoms with Crippen LogP contribution in [-0.4, -0.2) is 44.2 Å². The molecule has 0 fully saturated rings. The molecule has 5 aromatic rings. The number of rotatable bonds is 10. The van der Waals surface area contributed by atoms with Gasteiger partial charge in [-0.1, -0.05) is 24.3 Å². The number of aliphatic carboxylic acids is 1. The van der Waals surface area contributed by atoms with Gasteiger partial charge in [0.2, 0.25) is 0 Å². The first kappa shape index (κ1) is 26.8. The van der Waals surface area contributed by atoms with Crippen LogP contribution in [0.4, 0.5) is 14.6 Å². The van der Waals surface area contributed by atoms with Crippen LogP contribution in [-0.2, 0) is 17.8 Å². The summed E-state index contributed by atoms with van der Waals surface area (Å²) in [6.45, 7) is 4.43. The SMILES string of the molecule is COc1cc(F)c(F)c2c1cc(C)n2CCNc1cc(-c2ccc(-c3oc(CCC(=O)O)nc3C)cc2)ncn1. The van der Waals surface area contributed by atoms with Crippen LogP contribution in [0.5, 0.6) is 5.75 Å². The fourth-order valence-electron chi connectivity index (χ4n) is 4.67. The second kappa shape index (κ2) is 11.1. The molecule has 206 valence electrons. The summed E-state index contributed by atoms with van der Waals surface area (Å²) >= 11 is 0. The minimum Gasteiger partial charge on any atom is -0.496 e. The van der Waals surface area contributed by atoms with Gasteiger partial charge in [-0.15, -0.1) is 0 Å². The lowest BCUT2D eigenvalue weighted by Gasteiger charge is -2.12. The Labute approximate surface area is 228 Å². The summed E-state index contributed by atoms with van der Waals surface area (Å²) in [5.41, 5.74) is 4.00. The van der Waals surface area contributed by atoms with Crippen molar-refractivity contribution in [2.75, 3.05) is 19.0 Å². The van der Waals surface area contributed by atoms with E-state index in [0.717, 1.165) is 22.9 Å². The second-order valence-corrected chi connectivity index (χ2v) is 9.28. The number of benzene rings is 2. The Morgan fingerprint density at radius 3 is 2.58 bits per heavy atom. The van der Waals surface area contributed by atoms with E-state index in [0.29, 0.717) is 47.3 Å². The third-order valence-electron chi connectivity index (χ3n) is 6.61. The van der Waals surface area contributed by atoms with Crippen LogP contribution in [0, 0.1) is 25.5 Å².